The Kier molecular flexibility index (Phi) is 7.30. The van der Waals surface area contributed by atoms with Crippen LogP contribution in [0.4, 0.5) is 0 Å². The van der Waals surface area contributed by atoms with Crippen molar-refractivity contribution in [2.24, 2.45) is 5.41 Å². The van der Waals surface area contributed by atoms with Crippen molar-refractivity contribution >= 4 is 24.4 Å². The van der Waals surface area contributed by atoms with Gasteiger partial charge in [-0.15, -0.1) is 11.8 Å². The number of hydrogen-bond acceptors (Lipinski definition) is 3. The molecular formula is C16H27NS2. The molecule has 0 bridgehead atoms. The molecule has 1 aromatic rings. The molecule has 0 saturated heterocycles. The zero-order chi connectivity index (χ0) is 14.3. The van der Waals surface area contributed by atoms with Gasteiger partial charge in [-0.25, -0.2) is 4.98 Å². The van der Waals surface area contributed by atoms with E-state index in [0.29, 0.717) is 5.41 Å². The molecule has 108 valence electrons. The topological polar surface area (TPSA) is 12.9 Å². The first-order valence-electron chi connectivity index (χ1n) is 7.24. The summed E-state index contributed by atoms with van der Waals surface area (Å²) in [5, 5.41) is 1.16. The van der Waals surface area contributed by atoms with Gasteiger partial charge >= 0.3 is 0 Å². The summed E-state index contributed by atoms with van der Waals surface area (Å²) in [7, 11) is 0. The van der Waals surface area contributed by atoms with Crippen molar-refractivity contribution in [3.63, 3.8) is 0 Å². The maximum absolute atomic E-state index is 4.63. The zero-order valence-corrected chi connectivity index (χ0v) is 14.4. The van der Waals surface area contributed by atoms with Crippen molar-refractivity contribution in [1.82, 2.24) is 4.98 Å². The molecule has 0 unspecified atom stereocenters. The van der Waals surface area contributed by atoms with Crippen LogP contribution in [0, 0.1) is 19.3 Å². The average molecular weight is 298 g/mol. The molecule has 3 heteroatoms. The Morgan fingerprint density at radius 2 is 1.79 bits per heavy atom. The normalized spacial score (nSPS) is 11.8. The fourth-order valence-electron chi connectivity index (χ4n) is 2.64. The van der Waals surface area contributed by atoms with Crippen molar-refractivity contribution in [2.45, 2.75) is 58.4 Å². The van der Waals surface area contributed by atoms with E-state index >= 15 is 0 Å². The standard InChI is InChI=1S/C16H27NS2/c1-5-7-16(11-18,8-6-2)12-19-15-10-13(3)9-14(4)17-15/h9-10,18H,5-8,11-12H2,1-4H3. The molecule has 0 aromatic carbocycles. The first-order chi connectivity index (χ1) is 9.05. The number of rotatable bonds is 8. The van der Waals surface area contributed by atoms with Gasteiger partial charge in [0, 0.05) is 11.4 Å². The average Bonchev–Trinajstić information content (AvgIpc) is 2.35. The van der Waals surface area contributed by atoms with Crippen LogP contribution in [0.2, 0.25) is 0 Å². The van der Waals surface area contributed by atoms with Gasteiger partial charge in [0.15, 0.2) is 0 Å². The van der Waals surface area contributed by atoms with E-state index in [2.05, 4.69) is 57.4 Å². The van der Waals surface area contributed by atoms with Crippen LogP contribution in [0.3, 0.4) is 0 Å². The second-order valence-electron chi connectivity index (χ2n) is 5.57. The van der Waals surface area contributed by atoms with Crippen LogP contribution >= 0.6 is 24.4 Å². The van der Waals surface area contributed by atoms with Crippen molar-refractivity contribution in [3.8, 4) is 0 Å². The van der Waals surface area contributed by atoms with E-state index in [1.165, 1.54) is 31.2 Å². The largest absolute Gasteiger partial charge is 0.247 e. The van der Waals surface area contributed by atoms with Crippen molar-refractivity contribution in [2.75, 3.05) is 11.5 Å². The molecule has 0 aliphatic heterocycles. The van der Waals surface area contributed by atoms with Crippen molar-refractivity contribution in [3.05, 3.63) is 23.4 Å². The van der Waals surface area contributed by atoms with E-state index in [1.807, 2.05) is 11.8 Å². The smallest absolute Gasteiger partial charge is 0.0965 e. The van der Waals surface area contributed by atoms with Crippen LogP contribution < -0.4 is 0 Å². The molecule has 19 heavy (non-hydrogen) atoms. The number of aromatic nitrogens is 1. The number of nitrogens with zero attached hydrogens (tertiary/aromatic N) is 1. The minimum Gasteiger partial charge on any atom is -0.247 e. The summed E-state index contributed by atoms with van der Waals surface area (Å²) < 4.78 is 0. The third kappa shape index (κ3) is 5.39. The fourth-order valence-corrected chi connectivity index (χ4v) is 4.54. The Bertz CT molecular complexity index is 364. The van der Waals surface area contributed by atoms with E-state index in [9.17, 15) is 0 Å². The molecule has 1 heterocycles. The van der Waals surface area contributed by atoms with Gasteiger partial charge in [0.2, 0.25) is 0 Å². The lowest BCUT2D eigenvalue weighted by Crippen LogP contribution is -2.26. The lowest BCUT2D eigenvalue weighted by Gasteiger charge is -2.31. The summed E-state index contributed by atoms with van der Waals surface area (Å²) in [6, 6.07) is 4.33. The molecule has 1 rings (SSSR count). The predicted octanol–water partition coefficient (Wildman–Crippen LogP) is 5.31. The van der Waals surface area contributed by atoms with Gasteiger partial charge in [-0.05, 0) is 55.6 Å². The number of thiol groups is 1. The lowest BCUT2D eigenvalue weighted by atomic mass is 9.83. The molecule has 1 nitrogen and oxygen atoms in total. The minimum absolute atomic E-state index is 0.372. The maximum atomic E-state index is 4.63. The molecule has 0 saturated carbocycles. The Morgan fingerprint density at radius 3 is 2.26 bits per heavy atom. The summed E-state index contributed by atoms with van der Waals surface area (Å²) in [6.07, 6.45) is 5.01. The van der Waals surface area contributed by atoms with Gasteiger partial charge in [0.1, 0.15) is 0 Å². The molecule has 0 N–H and O–H groups in total. The quantitative estimate of drug-likeness (QED) is 0.516. The monoisotopic (exact) mass is 297 g/mol. The summed E-state index contributed by atoms with van der Waals surface area (Å²) in [4.78, 5) is 4.63. The Labute approximate surface area is 128 Å². The van der Waals surface area contributed by atoms with Crippen LogP contribution in [0.1, 0.15) is 50.8 Å². The van der Waals surface area contributed by atoms with E-state index in [4.69, 9.17) is 0 Å². The molecule has 0 fully saturated rings. The zero-order valence-electron chi connectivity index (χ0n) is 12.7. The first kappa shape index (κ1) is 16.9. The van der Waals surface area contributed by atoms with Gasteiger partial charge in [-0.3, -0.25) is 0 Å². The summed E-state index contributed by atoms with van der Waals surface area (Å²) in [5.74, 6) is 2.11. The van der Waals surface area contributed by atoms with Crippen LogP contribution in [0.5, 0.6) is 0 Å². The van der Waals surface area contributed by atoms with Gasteiger partial charge in [-0.1, -0.05) is 26.7 Å². The highest BCUT2D eigenvalue weighted by Crippen LogP contribution is 2.37. The number of thioether (sulfide) groups is 1. The second kappa shape index (κ2) is 8.21. The third-order valence-corrected chi connectivity index (χ3v) is 5.43. The minimum atomic E-state index is 0.372. The van der Waals surface area contributed by atoms with E-state index in [-0.39, 0.29) is 0 Å². The highest BCUT2D eigenvalue weighted by atomic mass is 32.2. The number of pyridine rings is 1. The van der Waals surface area contributed by atoms with E-state index in [0.717, 1.165) is 22.2 Å². The van der Waals surface area contributed by atoms with Gasteiger partial charge in [-0.2, -0.15) is 12.6 Å². The van der Waals surface area contributed by atoms with E-state index in [1.54, 1.807) is 0 Å². The highest BCUT2D eigenvalue weighted by molar-refractivity contribution is 7.99. The summed E-state index contributed by atoms with van der Waals surface area (Å²) in [5.41, 5.74) is 2.79. The number of aryl methyl sites for hydroxylation is 2. The Hall–Kier alpha value is -0.150. The Balaban J connectivity index is 2.74. The third-order valence-electron chi connectivity index (χ3n) is 3.50. The molecule has 0 aliphatic carbocycles. The Morgan fingerprint density at radius 1 is 1.16 bits per heavy atom. The van der Waals surface area contributed by atoms with Gasteiger partial charge in [0.25, 0.3) is 0 Å². The molecule has 1 aromatic heterocycles. The summed E-state index contributed by atoms with van der Waals surface area (Å²) >= 11 is 6.52. The highest BCUT2D eigenvalue weighted by Gasteiger charge is 2.27. The molecule has 0 aliphatic rings. The van der Waals surface area contributed by atoms with E-state index < -0.39 is 0 Å². The van der Waals surface area contributed by atoms with Crippen LogP contribution in [-0.2, 0) is 0 Å². The van der Waals surface area contributed by atoms with Gasteiger partial charge < -0.3 is 0 Å². The van der Waals surface area contributed by atoms with Crippen molar-refractivity contribution in [1.29, 1.82) is 0 Å². The molecule has 0 atom stereocenters. The predicted molar refractivity (Wildman–Crippen MR) is 90.5 cm³/mol. The molecular weight excluding hydrogens is 270 g/mol. The summed E-state index contributed by atoms with van der Waals surface area (Å²) in [6.45, 7) is 8.75. The van der Waals surface area contributed by atoms with Crippen LogP contribution in [0.25, 0.3) is 0 Å². The molecule has 0 amide bonds. The van der Waals surface area contributed by atoms with Crippen molar-refractivity contribution < 1.29 is 0 Å². The number of hydrogen-bond donors (Lipinski definition) is 1. The van der Waals surface area contributed by atoms with Gasteiger partial charge in [0.05, 0.1) is 5.03 Å². The van der Waals surface area contributed by atoms with Crippen LogP contribution in [-0.4, -0.2) is 16.5 Å². The van der Waals surface area contributed by atoms with Crippen LogP contribution in [0.15, 0.2) is 17.2 Å². The SMILES string of the molecule is CCCC(CS)(CCC)CSc1cc(C)cc(C)n1. The maximum Gasteiger partial charge on any atom is 0.0965 e. The fraction of sp³-hybridized carbons (Fsp3) is 0.688. The first-order valence-corrected chi connectivity index (χ1v) is 8.86. The molecule has 0 radical (unpaired) electrons. The second-order valence-corrected chi connectivity index (χ2v) is 6.88. The lowest BCUT2D eigenvalue weighted by molar-refractivity contribution is 0.318. The molecule has 0 spiro atoms.